The van der Waals surface area contributed by atoms with Crippen molar-refractivity contribution < 1.29 is 13.8 Å². The summed E-state index contributed by atoms with van der Waals surface area (Å²) in [5.74, 6) is -0.114. The van der Waals surface area contributed by atoms with Crippen molar-refractivity contribution in [2.24, 2.45) is 0 Å². The molecule has 0 aliphatic heterocycles. The maximum Gasteiger partial charge on any atom is 0.293 e. The highest BCUT2D eigenvalue weighted by Gasteiger charge is 2.15. The van der Waals surface area contributed by atoms with Gasteiger partial charge in [0.15, 0.2) is 16.6 Å². The van der Waals surface area contributed by atoms with Gasteiger partial charge in [0.25, 0.3) is 5.91 Å². The first-order valence-corrected chi connectivity index (χ1v) is 6.22. The van der Waals surface area contributed by atoms with Crippen molar-refractivity contribution in [1.82, 2.24) is 15.3 Å². The van der Waals surface area contributed by atoms with Crippen LogP contribution < -0.4 is 5.32 Å². The van der Waals surface area contributed by atoms with Gasteiger partial charge in [0.05, 0.1) is 6.26 Å². The number of amides is 1. The van der Waals surface area contributed by atoms with Gasteiger partial charge < -0.3 is 4.42 Å². The molecule has 1 N–H and O–H groups in total. The Bertz CT molecular complexity index is 701. The summed E-state index contributed by atoms with van der Waals surface area (Å²) in [6.07, 6.45) is 1.44. The van der Waals surface area contributed by atoms with Gasteiger partial charge in [-0.05, 0) is 24.2 Å². The lowest BCUT2D eigenvalue weighted by Gasteiger charge is -1.96. The van der Waals surface area contributed by atoms with Crippen LogP contribution in [-0.2, 0) is 0 Å². The van der Waals surface area contributed by atoms with E-state index in [1.165, 1.54) is 17.6 Å². The van der Waals surface area contributed by atoms with Gasteiger partial charge in [-0.3, -0.25) is 10.1 Å². The quantitative estimate of drug-likeness (QED) is 0.789. The number of anilines is 1. The van der Waals surface area contributed by atoms with E-state index < -0.39 is 0 Å². The Morgan fingerprint density at radius 1 is 1.42 bits per heavy atom. The van der Waals surface area contributed by atoms with Gasteiger partial charge in [-0.1, -0.05) is 5.16 Å². The molecule has 0 atom stereocenters. The van der Waals surface area contributed by atoms with Crippen molar-refractivity contribution in [3.8, 4) is 11.4 Å². The largest absolute Gasteiger partial charge is 0.459 e. The summed E-state index contributed by atoms with van der Waals surface area (Å²) < 4.78 is 9.60. The van der Waals surface area contributed by atoms with Crippen molar-refractivity contribution in [2.45, 2.75) is 6.92 Å². The van der Waals surface area contributed by atoms with Gasteiger partial charge >= 0.3 is 0 Å². The summed E-state index contributed by atoms with van der Waals surface area (Å²) in [4.78, 5) is 16.0. The predicted molar refractivity (Wildman–Crippen MR) is 66.8 cm³/mol. The zero-order chi connectivity index (χ0) is 13.2. The Balaban J connectivity index is 1.79. The molecular formula is C11H8N4O3S. The van der Waals surface area contributed by atoms with Gasteiger partial charge in [-0.15, -0.1) is 11.3 Å². The minimum Gasteiger partial charge on any atom is -0.459 e. The molecule has 3 aromatic heterocycles. The highest BCUT2D eigenvalue weighted by Crippen LogP contribution is 2.25. The van der Waals surface area contributed by atoms with Crippen LogP contribution in [-0.4, -0.2) is 21.2 Å². The Hall–Kier alpha value is -2.48. The predicted octanol–water partition coefficient (Wildman–Crippen LogP) is 2.35. The van der Waals surface area contributed by atoms with Crippen molar-refractivity contribution in [3.05, 3.63) is 35.2 Å². The molecule has 8 heteroatoms. The fourth-order valence-corrected chi connectivity index (χ4v) is 2.16. The first-order valence-electron chi connectivity index (χ1n) is 5.34. The van der Waals surface area contributed by atoms with Crippen LogP contribution in [0.25, 0.3) is 11.4 Å². The molecule has 3 rings (SSSR count). The third-order valence-electron chi connectivity index (χ3n) is 2.36. The Morgan fingerprint density at radius 2 is 2.32 bits per heavy atom. The molecule has 3 aromatic rings. The second-order valence-corrected chi connectivity index (χ2v) is 4.53. The van der Waals surface area contributed by atoms with Gasteiger partial charge in [-0.2, -0.15) is 0 Å². The molecule has 0 radical (unpaired) electrons. The second kappa shape index (κ2) is 4.65. The lowest BCUT2D eigenvalue weighted by Crippen LogP contribution is -2.10. The molecule has 7 nitrogen and oxygen atoms in total. The molecule has 0 aliphatic carbocycles. The first-order chi connectivity index (χ1) is 9.24. The molecule has 0 bridgehead atoms. The zero-order valence-corrected chi connectivity index (χ0v) is 10.6. The molecule has 19 heavy (non-hydrogen) atoms. The second-order valence-electron chi connectivity index (χ2n) is 3.67. The monoisotopic (exact) mass is 276 g/mol. The Morgan fingerprint density at radius 3 is 3.00 bits per heavy atom. The number of hydrogen-bond donors (Lipinski definition) is 1. The summed E-state index contributed by atoms with van der Waals surface area (Å²) in [5.41, 5.74) is 1.82. The summed E-state index contributed by atoms with van der Waals surface area (Å²) in [6.45, 7) is 1.77. The summed E-state index contributed by atoms with van der Waals surface area (Å²) in [7, 11) is 0. The number of aryl methyl sites for hydroxylation is 1. The third kappa shape index (κ3) is 2.25. The lowest BCUT2D eigenvalue weighted by atomic mass is 10.3. The van der Waals surface area contributed by atoms with Crippen LogP contribution in [0.5, 0.6) is 0 Å². The smallest absolute Gasteiger partial charge is 0.293 e. The van der Waals surface area contributed by atoms with Crippen LogP contribution in [0, 0.1) is 6.92 Å². The third-order valence-corrected chi connectivity index (χ3v) is 3.12. The molecule has 96 valence electrons. The standard InChI is InChI=1S/C11H8N4O3S/c1-6-9(15-18-14-6)7-5-19-11(12-7)13-10(16)8-3-2-4-17-8/h2-5H,1H3,(H,12,13,16). The number of furan rings is 1. The number of aromatic nitrogens is 3. The fourth-order valence-electron chi connectivity index (χ4n) is 1.47. The molecule has 0 saturated heterocycles. The Labute approximate surface area is 111 Å². The topological polar surface area (TPSA) is 94.1 Å². The number of nitrogens with zero attached hydrogens (tertiary/aromatic N) is 3. The maximum atomic E-state index is 11.8. The minimum atomic E-state index is -0.346. The van der Waals surface area contributed by atoms with E-state index in [1.54, 1.807) is 24.4 Å². The van der Waals surface area contributed by atoms with Crippen LogP contribution in [0.4, 0.5) is 5.13 Å². The fraction of sp³-hybridized carbons (Fsp3) is 0.0909. The van der Waals surface area contributed by atoms with E-state index in [9.17, 15) is 4.79 Å². The number of carbonyl (C=O) groups is 1. The van der Waals surface area contributed by atoms with Crippen molar-refractivity contribution in [2.75, 3.05) is 5.32 Å². The number of rotatable bonds is 3. The van der Waals surface area contributed by atoms with Gasteiger partial charge in [0.2, 0.25) is 0 Å². The van der Waals surface area contributed by atoms with Crippen LogP contribution in [0.3, 0.4) is 0 Å². The Kier molecular flexibility index (Phi) is 2.84. The van der Waals surface area contributed by atoms with E-state index >= 15 is 0 Å². The number of hydrogen-bond acceptors (Lipinski definition) is 7. The van der Waals surface area contributed by atoms with E-state index in [0.717, 1.165) is 0 Å². The molecule has 1 amide bonds. The van der Waals surface area contributed by atoms with E-state index in [1.807, 2.05) is 0 Å². The average molecular weight is 276 g/mol. The average Bonchev–Trinajstić information content (AvgIpc) is 3.08. The molecule has 0 fully saturated rings. The van der Waals surface area contributed by atoms with Gasteiger partial charge in [0.1, 0.15) is 11.4 Å². The number of thiazole rings is 1. The molecule has 0 aromatic carbocycles. The van der Waals surface area contributed by atoms with Crippen LogP contribution in [0.2, 0.25) is 0 Å². The molecule has 0 unspecified atom stereocenters. The van der Waals surface area contributed by atoms with Crippen molar-refractivity contribution in [1.29, 1.82) is 0 Å². The molecule has 0 saturated carbocycles. The number of carbonyl (C=O) groups excluding carboxylic acids is 1. The van der Waals surface area contributed by atoms with E-state index in [0.29, 0.717) is 22.2 Å². The van der Waals surface area contributed by atoms with E-state index in [4.69, 9.17) is 4.42 Å². The van der Waals surface area contributed by atoms with Crippen LogP contribution in [0.1, 0.15) is 16.2 Å². The minimum absolute atomic E-state index is 0.232. The molecule has 3 heterocycles. The lowest BCUT2D eigenvalue weighted by molar-refractivity contribution is 0.0996. The molecular weight excluding hydrogens is 268 g/mol. The van der Waals surface area contributed by atoms with Crippen LogP contribution >= 0.6 is 11.3 Å². The summed E-state index contributed by atoms with van der Waals surface area (Å²) >= 11 is 1.29. The maximum absolute atomic E-state index is 11.8. The normalized spacial score (nSPS) is 10.6. The van der Waals surface area contributed by atoms with E-state index in [-0.39, 0.29) is 11.7 Å². The van der Waals surface area contributed by atoms with E-state index in [2.05, 4.69) is 25.2 Å². The van der Waals surface area contributed by atoms with Crippen molar-refractivity contribution in [3.63, 3.8) is 0 Å². The highest BCUT2D eigenvalue weighted by molar-refractivity contribution is 7.14. The summed E-state index contributed by atoms with van der Waals surface area (Å²) in [6, 6.07) is 3.22. The van der Waals surface area contributed by atoms with Gasteiger partial charge in [-0.25, -0.2) is 9.61 Å². The molecule has 0 spiro atoms. The number of nitrogens with one attached hydrogen (secondary N) is 1. The SMILES string of the molecule is Cc1nonc1-c1csc(NC(=O)c2ccco2)n1. The zero-order valence-electron chi connectivity index (χ0n) is 9.78. The van der Waals surface area contributed by atoms with Gasteiger partial charge in [0, 0.05) is 5.38 Å². The molecule has 0 aliphatic rings. The first kappa shape index (κ1) is 11.6. The van der Waals surface area contributed by atoms with Crippen LogP contribution in [0.15, 0.2) is 32.8 Å². The van der Waals surface area contributed by atoms with Crippen molar-refractivity contribution >= 4 is 22.4 Å². The summed E-state index contributed by atoms with van der Waals surface area (Å²) in [5, 5.41) is 12.3. The highest BCUT2D eigenvalue weighted by atomic mass is 32.1.